The molecule has 0 aromatic carbocycles. The van der Waals surface area contributed by atoms with Gasteiger partial charge in [0, 0.05) is 19.1 Å². The van der Waals surface area contributed by atoms with E-state index in [2.05, 4.69) is 11.0 Å². The normalized spacial score (nSPS) is 37.5. The van der Waals surface area contributed by atoms with Gasteiger partial charge in [0.25, 0.3) is 0 Å². The number of rotatable bonds is 1. The molecule has 2 fully saturated rings. The molecule has 3 aliphatic rings. The minimum atomic E-state index is 0.836. The third-order valence-corrected chi connectivity index (χ3v) is 4.28. The summed E-state index contributed by atoms with van der Waals surface area (Å²) in [5.74, 6) is 0.937. The first kappa shape index (κ1) is 9.86. The third kappa shape index (κ3) is 1.98. The van der Waals surface area contributed by atoms with Crippen LogP contribution >= 0.6 is 0 Å². The molecule has 0 unspecified atom stereocenters. The van der Waals surface area contributed by atoms with Gasteiger partial charge in [-0.05, 0) is 38.0 Å². The molecule has 3 rings (SSSR count). The molecule has 0 bridgehead atoms. The molecular weight excluding hydrogens is 186 g/mol. The van der Waals surface area contributed by atoms with E-state index in [1.165, 1.54) is 32.1 Å². The van der Waals surface area contributed by atoms with Crippen LogP contribution in [0, 0.1) is 5.92 Å². The molecular formula is C13H21NO. The van der Waals surface area contributed by atoms with E-state index in [1.807, 2.05) is 0 Å². The van der Waals surface area contributed by atoms with Gasteiger partial charge in [-0.25, -0.2) is 0 Å². The molecule has 2 heteroatoms. The molecule has 0 spiro atoms. The summed E-state index contributed by atoms with van der Waals surface area (Å²) < 4.78 is 5.42. The molecule has 1 saturated heterocycles. The Morgan fingerprint density at radius 3 is 2.93 bits per heavy atom. The Kier molecular flexibility index (Phi) is 2.80. The molecule has 0 radical (unpaired) electrons. The van der Waals surface area contributed by atoms with Crippen molar-refractivity contribution in [2.75, 3.05) is 26.3 Å². The number of morpholine rings is 1. The molecule has 2 nitrogen and oxygen atoms in total. The summed E-state index contributed by atoms with van der Waals surface area (Å²) >= 11 is 0. The average molecular weight is 207 g/mol. The van der Waals surface area contributed by atoms with Crippen LogP contribution in [0.25, 0.3) is 0 Å². The zero-order chi connectivity index (χ0) is 10.1. The van der Waals surface area contributed by atoms with Gasteiger partial charge in [-0.1, -0.05) is 11.6 Å². The maximum Gasteiger partial charge on any atom is 0.0594 e. The van der Waals surface area contributed by atoms with Crippen molar-refractivity contribution < 1.29 is 4.74 Å². The van der Waals surface area contributed by atoms with E-state index in [0.29, 0.717) is 0 Å². The van der Waals surface area contributed by atoms with Crippen LogP contribution in [0.4, 0.5) is 0 Å². The molecule has 1 aliphatic heterocycles. The van der Waals surface area contributed by atoms with Gasteiger partial charge in [0.15, 0.2) is 0 Å². The smallest absolute Gasteiger partial charge is 0.0594 e. The summed E-state index contributed by atoms with van der Waals surface area (Å²) in [6.45, 7) is 4.20. The number of hydrogen-bond acceptors (Lipinski definition) is 2. The molecule has 0 N–H and O–H groups in total. The van der Waals surface area contributed by atoms with Crippen molar-refractivity contribution in [1.29, 1.82) is 0 Å². The van der Waals surface area contributed by atoms with Gasteiger partial charge < -0.3 is 4.74 Å². The Bertz CT molecular complexity index is 255. The lowest BCUT2D eigenvalue weighted by Gasteiger charge is -2.32. The second-order valence-electron chi connectivity index (χ2n) is 5.15. The minimum absolute atomic E-state index is 0.836. The van der Waals surface area contributed by atoms with Crippen LogP contribution in [0.15, 0.2) is 11.6 Å². The van der Waals surface area contributed by atoms with Crippen LogP contribution in [0.2, 0.25) is 0 Å². The van der Waals surface area contributed by atoms with Crippen LogP contribution in [0.1, 0.15) is 32.1 Å². The summed E-state index contributed by atoms with van der Waals surface area (Å²) in [6, 6.07) is 0.836. The maximum atomic E-state index is 5.42. The summed E-state index contributed by atoms with van der Waals surface area (Å²) in [5, 5.41) is 0. The lowest BCUT2D eigenvalue weighted by Crippen LogP contribution is -2.42. The van der Waals surface area contributed by atoms with Gasteiger partial charge in [0.05, 0.1) is 13.2 Å². The highest BCUT2D eigenvalue weighted by atomic mass is 16.5. The van der Waals surface area contributed by atoms with E-state index in [4.69, 9.17) is 4.74 Å². The first-order valence-electron chi connectivity index (χ1n) is 6.44. The Balaban J connectivity index is 1.64. The number of hydrogen-bond donors (Lipinski definition) is 0. The fraction of sp³-hybridized carbons (Fsp3) is 0.846. The van der Waals surface area contributed by atoms with Crippen molar-refractivity contribution >= 4 is 0 Å². The lowest BCUT2D eigenvalue weighted by atomic mass is 9.90. The van der Waals surface area contributed by atoms with E-state index in [1.54, 1.807) is 5.57 Å². The number of allylic oxidation sites excluding steroid dienone is 1. The minimum Gasteiger partial charge on any atom is -0.379 e. The highest BCUT2D eigenvalue weighted by molar-refractivity contribution is 5.17. The Morgan fingerprint density at radius 1 is 1.27 bits per heavy atom. The standard InChI is InChI=1S/C13H21NO/c1-2-4-12-10-13(9-11(12)3-1)14-5-7-15-8-6-14/h3,12-13H,1-2,4-10H2/t12-,13-/m1/s1. The van der Waals surface area contributed by atoms with Gasteiger partial charge >= 0.3 is 0 Å². The second-order valence-corrected chi connectivity index (χ2v) is 5.15. The first-order valence-corrected chi connectivity index (χ1v) is 6.44. The van der Waals surface area contributed by atoms with Crippen LogP contribution in [0.5, 0.6) is 0 Å². The highest BCUT2D eigenvalue weighted by Gasteiger charge is 2.33. The molecule has 1 saturated carbocycles. The highest BCUT2D eigenvalue weighted by Crippen LogP contribution is 2.40. The van der Waals surface area contributed by atoms with Crippen LogP contribution in [0.3, 0.4) is 0 Å². The summed E-state index contributed by atoms with van der Waals surface area (Å²) in [6.07, 6.45) is 9.50. The molecule has 0 amide bonds. The molecule has 2 atom stereocenters. The van der Waals surface area contributed by atoms with Gasteiger partial charge in [-0.3, -0.25) is 4.90 Å². The topological polar surface area (TPSA) is 12.5 Å². The zero-order valence-electron chi connectivity index (χ0n) is 9.45. The van der Waals surface area contributed by atoms with Crippen molar-refractivity contribution in [3.8, 4) is 0 Å². The lowest BCUT2D eigenvalue weighted by molar-refractivity contribution is 0.0174. The molecule has 1 heterocycles. The van der Waals surface area contributed by atoms with E-state index >= 15 is 0 Å². The van der Waals surface area contributed by atoms with E-state index in [9.17, 15) is 0 Å². The number of nitrogens with zero attached hydrogens (tertiary/aromatic N) is 1. The fourth-order valence-electron chi connectivity index (χ4n) is 3.43. The van der Waals surface area contributed by atoms with E-state index < -0.39 is 0 Å². The second kappa shape index (κ2) is 4.26. The monoisotopic (exact) mass is 207 g/mol. The SMILES string of the molecule is C1=C2C[C@@H](N3CCOCC3)C[C@H]2CCC1. The Labute approximate surface area is 92.3 Å². The van der Waals surface area contributed by atoms with Gasteiger partial charge in [0.1, 0.15) is 0 Å². The van der Waals surface area contributed by atoms with E-state index in [-0.39, 0.29) is 0 Å². The molecule has 2 aliphatic carbocycles. The van der Waals surface area contributed by atoms with Gasteiger partial charge in [0.2, 0.25) is 0 Å². The molecule has 0 aromatic rings. The van der Waals surface area contributed by atoms with Crippen molar-refractivity contribution in [3.05, 3.63) is 11.6 Å². The van der Waals surface area contributed by atoms with Crippen molar-refractivity contribution in [3.63, 3.8) is 0 Å². The Morgan fingerprint density at radius 2 is 2.13 bits per heavy atom. The average Bonchev–Trinajstić information content (AvgIpc) is 2.74. The van der Waals surface area contributed by atoms with Crippen molar-refractivity contribution in [1.82, 2.24) is 4.90 Å². The Hall–Kier alpha value is -0.340. The van der Waals surface area contributed by atoms with Crippen LogP contribution in [-0.4, -0.2) is 37.2 Å². The van der Waals surface area contributed by atoms with Gasteiger partial charge in [-0.15, -0.1) is 0 Å². The van der Waals surface area contributed by atoms with Crippen LogP contribution in [-0.2, 0) is 4.74 Å². The molecule has 84 valence electrons. The molecule has 0 aromatic heterocycles. The first-order chi connectivity index (χ1) is 7.43. The quantitative estimate of drug-likeness (QED) is 0.611. The molecule has 15 heavy (non-hydrogen) atoms. The van der Waals surface area contributed by atoms with Gasteiger partial charge in [-0.2, -0.15) is 0 Å². The predicted molar refractivity (Wildman–Crippen MR) is 60.8 cm³/mol. The summed E-state index contributed by atoms with van der Waals surface area (Å²) in [7, 11) is 0. The zero-order valence-corrected chi connectivity index (χ0v) is 9.45. The predicted octanol–water partition coefficient (Wildman–Crippen LogP) is 2.21. The largest absolute Gasteiger partial charge is 0.379 e. The van der Waals surface area contributed by atoms with Crippen molar-refractivity contribution in [2.24, 2.45) is 5.92 Å². The fourth-order valence-corrected chi connectivity index (χ4v) is 3.43. The van der Waals surface area contributed by atoms with Crippen LogP contribution < -0.4 is 0 Å². The van der Waals surface area contributed by atoms with Crippen molar-refractivity contribution in [2.45, 2.75) is 38.1 Å². The third-order valence-electron chi connectivity index (χ3n) is 4.28. The number of ether oxygens (including phenoxy) is 1. The summed E-state index contributed by atoms with van der Waals surface area (Å²) in [5.41, 5.74) is 1.78. The maximum absolute atomic E-state index is 5.42. The summed E-state index contributed by atoms with van der Waals surface area (Å²) in [4.78, 5) is 2.66. The van der Waals surface area contributed by atoms with E-state index in [0.717, 1.165) is 38.3 Å². The number of fused-ring (bicyclic) bond motifs is 1.